The zero-order chi connectivity index (χ0) is 16.1. The Hall–Kier alpha value is -1.72. The van der Waals surface area contributed by atoms with Crippen molar-refractivity contribution in [1.29, 1.82) is 0 Å². The van der Waals surface area contributed by atoms with E-state index in [1.165, 1.54) is 37.1 Å². The molecule has 0 amide bonds. The van der Waals surface area contributed by atoms with Crippen molar-refractivity contribution < 1.29 is 0 Å². The maximum Gasteiger partial charge on any atom is 0.0543 e. The monoisotopic (exact) mass is 313 g/mol. The summed E-state index contributed by atoms with van der Waals surface area (Å²) in [5.74, 6) is 0. The van der Waals surface area contributed by atoms with Gasteiger partial charge >= 0.3 is 0 Å². The first-order chi connectivity index (χ1) is 11.2. The van der Waals surface area contributed by atoms with Gasteiger partial charge in [0, 0.05) is 36.6 Å². The van der Waals surface area contributed by atoms with Crippen molar-refractivity contribution in [2.45, 2.75) is 45.3 Å². The Morgan fingerprint density at radius 1 is 1.30 bits per heavy atom. The fraction of sp³-hybridized carbons (Fsp3) is 0.556. The molecule has 0 radical (unpaired) electrons. The number of hydrogen-bond donors (Lipinski definition) is 1. The van der Waals surface area contributed by atoms with Crippen LogP contribution in [0.2, 0.25) is 0 Å². The average molecular weight is 313 g/mol. The third-order valence-electron chi connectivity index (χ3n) is 4.88. The summed E-state index contributed by atoms with van der Waals surface area (Å²) >= 11 is 0. The second-order valence-electron chi connectivity index (χ2n) is 6.62. The molecular formula is C18H27N5. The Balaban J connectivity index is 1.52. The molecule has 1 N–H and O–H groups in total. The molecule has 1 aliphatic rings. The summed E-state index contributed by atoms with van der Waals surface area (Å²) in [7, 11) is 2.23. The Bertz CT molecular complexity index is 594. The molecule has 2 aromatic heterocycles. The third kappa shape index (κ3) is 4.39. The number of hydrogen-bond acceptors (Lipinski definition) is 4. The first-order valence-electron chi connectivity index (χ1n) is 8.53. The standard InChI is InChI=1S/C18H27N5/c1-15-16(12-20-21-15)13-23-10-5-7-18(8-11-23)22(2)14-17-6-3-4-9-19-17/h3-4,6,9,12,18H,5,7-8,10-11,13-14H2,1-2H3,(H,20,21). The minimum Gasteiger partial charge on any atom is -0.299 e. The summed E-state index contributed by atoms with van der Waals surface area (Å²) in [5.41, 5.74) is 3.67. The molecule has 1 saturated heterocycles. The van der Waals surface area contributed by atoms with Crippen LogP contribution in [0.4, 0.5) is 0 Å². The van der Waals surface area contributed by atoms with Crippen molar-refractivity contribution in [1.82, 2.24) is 25.0 Å². The van der Waals surface area contributed by atoms with Gasteiger partial charge in [0.05, 0.1) is 11.9 Å². The molecule has 1 unspecified atom stereocenters. The number of pyridine rings is 1. The van der Waals surface area contributed by atoms with Crippen molar-refractivity contribution >= 4 is 0 Å². The van der Waals surface area contributed by atoms with Crippen LogP contribution < -0.4 is 0 Å². The van der Waals surface area contributed by atoms with Crippen LogP contribution in [0, 0.1) is 6.92 Å². The molecule has 0 aromatic carbocycles. The van der Waals surface area contributed by atoms with E-state index >= 15 is 0 Å². The fourth-order valence-corrected chi connectivity index (χ4v) is 3.39. The number of aryl methyl sites for hydroxylation is 1. The van der Waals surface area contributed by atoms with Gasteiger partial charge < -0.3 is 0 Å². The molecule has 23 heavy (non-hydrogen) atoms. The molecule has 5 nitrogen and oxygen atoms in total. The van der Waals surface area contributed by atoms with E-state index in [2.05, 4.69) is 51.1 Å². The van der Waals surface area contributed by atoms with Crippen LogP contribution in [0.3, 0.4) is 0 Å². The number of nitrogens with zero attached hydrogens (tertiary/aromatic N) is 4. The fourth-order valence-electron chi connectivity index (χ4n) is 3.39. The van der Waals surface area contributed by atoms with Crippen LogP contribution in [0.15, 0.2) is 30.6 Å². The Labute approximate surface area is 138 Å². The first kappa shape index (κ1) is 16.1. The minimum atomic E-state index is 0.646. The molecule has 2 aromatic rings. The number of aromatic amines is 1. The van der Waals surface area contributed by atoms with E-state index in [1.807, 2.05) is 18.5 Å². The highest BCUT2D eigenvalue weighted by atomic mass is 15.2. The second-order valence-corrected chi connectivity index (χ2v) is 6.62. The lowest BCUT2D eigenvalue weighted by molar-refractivity contribution is 0.204. The van der Waals surface area contributed by atoms with Crippen LogP contribution in [0.25, 0.3) is 0 Å². The normalized spacial score (nSPS) is 19.9. The van der Waals surface area contributed by atoms with Gasteiger partial charge in [0.25, 0.3) is 0 Å². The molecule has 1 aliphatic heterocycles. The zero-order valence-corrected chi connectivity index (χ0v) is 14.2. The summed E-state index contributed by atoms with van der Waals surface area (Å²) < 4.78 is 0. The van der Waals surface area contributed by atoms with Gasteiger partial charge in [-0.2, -0.15) is 5.10 Å². The average Bonchev–Trinajstić information content (AvgIpc) is 2.82. The number of aromatic nitrogens is 3. The highest BCUT2D eigenvalue weighted by Gasteiger charge is 2.21. The molecular weight excluding hydrogens is 286 g/mol. The molecule has 124 valence electrons. The van der Waals surface area contributed by atoms with Crippen molar-refractivity contribution in [3.8, 4) is 0 Å². The molecule has 5 heteroatoms. The molecule has 0 bridgehead atoms. The van der Waals surface area contributed by atoms with Gasteiger partial charge in [-0.05, 0) is 58.5 Å². The Kier molecular flexibility index (Phi) is 5.41. The summed E-state index contributed by atoms with van der Waals surface area (Å²) in [4.78, 5) is 9.48. The Morgan fingerprint density at radius 2 is 2.22 bits per heavy atom. The van der Waals surface area contributed by atoms with Gasteiger partial charge in [-0.25, -0.2) is 0 Å². The Morgan fingerprint density at radius 3 is 2.96 bits per heavy atom. The highest BCUT2D eigenvalue weighted by molar-refractivity contribution is 5.14. The number of likely N-dealkylation sites (tertiary alicyclic amines) is 1. The molecule has 3 rings (SSSR count). The van der Waals surface area contributed by atoms with Gasteiger partial charge in [-0.1, -0.05) is 6.07 Å². The van der Waals surface area contributed by atoms with E-state index in [4.69, 9.17) is 0 Å². The lowest BCUT2D eigenvalue weighted by atomic mass is 10.1. The SMILES string of the molecule is Cc1[nH]ncc1CN1CCCC(N(C)Cc2ccccn2)CC1. The summed E-state index contributed by atoms with van der Waals surface area (Å²) in [6.07, 6.45) is 7.59. The van der Waals surface area contributed by atoms with Gasteiger partial charge in [-0.3, -0.25) is 19.9 Å². The van der Waals surface area contributed by atoms with Crippen molar-refractivity contribution in [2.75, 3.05) is 20.1 Å². The van der Waals surface area contributed by atoms with Crippen LogP contribution in [-0.4, -0.2) is 51.2 Å². The predicted molar refractivity (Wildman–Crippen MR) is 91.9 cm³/mol. The topological polar surface area (TPSA) is 48.1 Å². The van der Waals surface area contributed by atoms with E-state index in [-0.39, 0.29) is 0 Å². The summed E-state index contributed by atoms with van der Waals surface area (Å²) in [5, 5.41) is 7.17. The summed E-state index contributed by atoms with van der Waals surface area (Å²) in [6.45, 7) is 6.38. The number of rotatable bonds is 5. The van der Waals surface area contributed by atoms with E-state index in [9.17, 15) is 0 Å². The van der Waals surface area contributed by atoms with Gasteiger partial charge in [0.2, 0.25) is 0 Å². The largest absolute Gasteiger partial charge is 0.299 e. The van der Waals surface area contributed by atoms with E-state index in [0.717, 1.165) is 25.3 Å². The minimum absolute atomic E-state index is 0.646. The summed E-state index contributed by atoms with van der Waals surface area (Å²) in [6, 6.07) is 6.80. The van der Waals surface area contributed by atoms with Crippen molar-refractivity contribution in [2.24, 2.45) is 0 Å². The molecule has 1 fully saturated rings. The number of H-pyrrole nitrogens is 1. The number of nitrogens with one attached hydrogen (secondary N) is 1. The van der Waals surface area contributed by atoms with Crippen molar-refractivity contribution in [3.63, 3.8) is 0 Å². The predicted octanol–water partition coefficient (Wildman–Crippen LogP) is 2.60. The zero-order valence-electron chi connectivity index (χ0n) is 14.2. The lowest BCUT2D eigenvalue weighted by Crippen LogP contribution is -2.32. The third-order valence-corrected chi connectivity index (χ3v) is 4.88. The van der Waals surface area contributed by atoms with Crippen LogP contribution in [0.1, 0.15) is 36.2 Å². The van der Waals surface area contributed by atoms with Crippen LogP contribution in [-0.2, 0) is 13.1 Å². The van der Waals surface area contributed by atoms with Crippen molar-refractivity contribution in [3.05, 3.63) is 47.5 Å². The highest BCUT2D eigenvalue weighted by Crippen LogP contribution is 2.19. The van der Waals surface area contributed by atoms with E-state index in [0.29, 0.717) is 6.04 Å². The van der Waals surface area contributed by atoms with Gasteiger partial charge in [0.15, 0.2) is 0 Å². The smallest absolute Gasteiger partial charge is 0.0543 e. The maximum atomic E-state index is 4.45. The molecule has 0 spiro atoms. The maximum absolute atomic E-state index is 4.45. The molecule has 3 heterocycles. The van der Waals surface area contributed by atoms with E-state index in [1.54, 1.807) is 0 Å². The van der Waals surface area contributed by atoms with Gasteiger partial charge in [-0.15, -0.1) is 0 Å². The molecule has 1 atom stereocenters. The molecule has 0 saturated carbocycles. The first-order valence-corrected chi connectivity index (χ1v) is 8.53. The second kappa shape index (κ2) is 7.70. The lowest BCUT2D eigenvalue weighted by Gasteiger charge is -2.27. The van der Waals surface area contributed by atoms with Gasteiger partial charge in [0.1, 0.15) is 0 Å². The quantitative estimate of drug-likeness (QED) is 0.922. The van der Waals surface area contributed by atoms with E-state index < -0.39 is 0 Å². The van der Waals surface area contributed by atoms with Crippen LogP contribution >= 0.6 is 0 Å². The van der Waals surface area contributed by atoms with Crippen LogP contribution in [0.5, 0.6) is 0 Å². The molecule has 0 aliphatic carbocycles.